The number of nitrogens with one attached hydrogen (secondary N) is 1. The quantitative estimate of drug-likeness (QED) is 0.423. The van der Waals surface area contributed by atoms with E-state index in [1.165, 1.54) is 4.68 Å². The topological polar surface area (TPSA) is 92.2 Å². The van der Waals surface area contributed by atoms with Gasteiger partial charge < -0.3 is 0 Å². The van der Waals surface area contributed by atoms with Crippen LogP contribution in [0.5, 0.6) is 0 Å². The van der Waals surface area contributed by atoms with Gasteiger partial charge in [0.05, 0.1) is 11.4 Å². The molecule has 0 aliphatic rings. The number of Topliss-reactive ketones (excluding diaryl/α,β-unsaturated/α-hetero) is 1. The third-order valence-corrected chi connectivity index (χ3v) is 4.54. The molecule has 2 aromatic carbocycles. The van der Waals surface area contributed by atoms with E-state index < -0.39 is 5.78 Å². The normalized spacial score (nSPS) is 11.1. The van der Waals surface area contributed by atoms with E-state index in [4.69, 9.17) is 0 Å². The second-order valence-electron chi connectivity index (χ2n) is 6.26. The van der Waals surface area contributed by atoms with E-state index in [9.17, 15) is 14.9 Å². The van der Waals surface area contributed by atoms with Crippen LogP contribution in [0.15, 0.2) is 64.5 Å². The number of para-hydroxylation sites is 1. The van der Waals surface area contributed by atoms with Crippen LogP contribution in [-0.2, 0) is 7.05 Å². The van der Waals surface area contributed by atoms with Crippen LogP contribution in [-0.4, -0.2) is 20.9 Å². The SMILES string of the molecule is Cc1ccccc1C(=O)/C(C#N)=N\Nc1c(C)n(C)n(-c2ccccc2)c1=O. The highest BCUT2D eigenvalue weighted by Crippen LogP contribution is 2.14. The molecule has 1 heterocycles. The zero-order chi connectivity index (χ0) is 20.3. The molecule has 0 unspecified atom stereocenters. The summed E-state index contributed by atoms with van der Waals surface area (Å²) >= 11 is 0. The van der Waals surface area contributed by atoms with E-state index in [1.54, 1.807) is 43.8 Å². The Balaban J connectivity index is 1.98. The third-order valence-electron chi connectivity index (χ3n) is 4.54. The molecule has 3 aromatic rings. The summed E-state index contributed by atoms with van der Waals surface area (Å²) < 4.78 is 3.17. The van der Waals surface area contributed by atoms with Crippen molar-refractivity contribution in [2.45, 2.75) is 13.8 Å². The lowest BCUT2D eigenvalue weighted by Gasteiger charge is -2.07. The summed E-state index contributed by atoms with van der Waals surface area (Å²) in [7, 11) is 1.75. The maximum absolute atomic E-state index is 12.8. The van der Waals surface area contributed by atoms with Crippen molar-refractivity contribution in [3.8, 4) is 11.8 Å². The van der Waals surface area contributed by atoms with Gasteiger partial charge in [-0.15, -0.1) is 0 Å². The highest BCUT2D eigenvalue weighted by atomic mass is 16.1. The summed E-state index contributed by atoms with van der Waals surface area (Å²) in [6, 6.07) is 17.9. The van der Waals surface area contributed by atoms with Crippen LogP contribution in [0, 0.1) is 25.2 Å². The first kappa shape index (κ1) is 18.9. The number of aryl methyl sites for hydroxylation is 1. The maximum atomic E-state index is 12.8. The summed E-state index contributed by atoms with van der Waals surface area (Å²) in [5.74, 6) is -0.495. The van der Waals surface area contributed by atoms with E-state index in [1.807, 2.05) is 42.5 Å². The van der Waals surface area contributed by atoms with Crippen molar-refractivity contribution >= 4 is 17.2 Å². The molecule has 0 saturated carbocycles. The number of ketones is 1. The summed E-state index contributed by atoms with van der Waals surface area (Å²) in [6.45, 7) is 3.55. The summed E-state index contributed by atoms with van der Waals surface area (Å²) in [6.07, 6.45) is 0. The van der Waals surface area contributed by atoms with Gasteiger partial charge in [0, 0.05) is 12.6 Å². The number of hydrazone groups is 1. The first-order valence-corrected chi connectivity index (χ1v) is 8.64. The molecule has 7 nitrogen and oxygen atoms in total. The van der Waals surface area contributed by atoms with E-state index in [0.29, 0.717) is 16.9 Å². The van der Waals surface area contributed by atoms with Crippen molar-refractivity contribution in [1.82, 2.24) is 9.36 Å². The van der Waals surface area contributed by atoms with Crippen LogP contribution in [0.25, 0.3) is 5.69 Å². The number of hydrogen-bond donors (Lipinski definition) is 1. The maximum Gasteiger partial charge on any atom is 0.296 e. The second-order valence-corrected chi connectivity index (χ2v) is 6.26. The largest absolute Gasteiger partial charge is 0.296 e. The van der Waals surface area contributed by atoms with Gasteiger partial charge in [-0.3, -0.25) is 19.7 Å². The van der Waals surface area contributed by atoms with Gasteiger partial charge in [-0.25, -0.2) is 4.68 Å². The van der Waals surface area contributed by atoms with Gasteiger partial charge in [0.1, 0.15) is 11.8 Å². The molecule has 0 saturated heterocycles. The molecule has 0 atom stereocenters. The Morgan fingerprint density at radius 3 is 2.36 bits per heavy atom. The fraction of sp³-hybridized carbons (Fsp3) is 0.143. The molecule has 28 heavy (non-hydrogen) atoms. The number of benzene rings is 2. The van der Waals surface area contributed by atoms with Crippen LogP contribution in [0.3, 0.4) is 0 Å². The number of anilines is 1. The summed E-state index contributed by atoms with van der Waals surface area (Å²) in [5, 5.41) is 13.3. The molecule has 0 spiro atoms. The van der Waals surface area contributed by atoms with E-state index in [0.717, 1.165) is 5.56 Å². The van der Waals surface area contributed by atoms with Crippen molar-refractivity contribution in [2.24, 2.45) is 12.1 Å². The molecule has 0 aliphatic heterocycles. The van der Waals surface area contributed by atoms with Crippen molar-refractivity contribution in [3.63, 3.8) is 0 Å². The molecule has 0 bridgehead atoms. The first-order valence-electron chi connectivity index (χ1n) is 8.64. The Labute approximate surface area is 162 Å². The van der Waals surface area contributed by atoms with Gasteiger partial charge in [0.25, 0.3) is 5.56 Å². The van der Waals surface area contributed by atoms with Gasteiger partial charge >= 0.3 is 0 Å². The average Bonchev–Trinajstić information content (AvgIpc) is 2.92. The predicted octanol–water partition coefficient (Wildman–Crippen LogP) is 2.97. The molecular weight excluding hydrogens is 354 g/mol. The Morgan fingerprint density at radius 1 is 1.07 bits per heavy atom. The molecule has 0 aliphatic carbocycles. The Bertz CT molecular complexity index is 1160. The number of nitriles is 1. The molecular formula is C21H19N5O2. The number of hydrogen-bond acceptors (Lipinski definition) is 5. The Kier molecular flexibility index (Phi) is 5.23. The molecule has 140 valence electrons. The second kappa shape index (κ2) is 7.76. The number of nitrogens with zero attached hydrogens (tertiary/aromatic N) is 4. The molecule has 1 N–H and O–H groups in total. The molecule has 3 rings (SSSR count). The molecule has 0 amide bonds. The number of carbonyl (C=O) groups excluding carboxylic acids is 1. The van der Waals surface area contributed by atoms with E-state index in [-0.39, 0.29) is 17.0 Å². The zero-order valence-corrected chi connectivity index (χ0v) is 15.8. The monoisotopic (exact) mass is 373 g/mol. The van der Waals surface area contributed by atoms with Crippen LogP contribution in [0.4, 0.5) is 5.69 Å². The highest BCUT2D eigenvalue weighted by molar-refractivity contribution is 6.51. The van der Waals surface area contributed by atoms with E-state index >= 15 is 0 Å². The van der Waals surface area contributed by atoms with Gasteiger partial charge in [-0.1, -0.05) is 42.5 Å². The minimum Gasteiger partial charge on any atom is -0.286 e. The number of rotatable bonds is 5. The molecule has 7 heteroatoms. The smallest absolute Gasteiger partial charge is 0.286 e. The highest BCUT2D eigenvalue weighted by Gasteiger charge is 2.19. The van der Waals surface area contributed by atoms with Crippen LogP contribution in [0.1, 0.15) is 21.6 Å². The average molecular weight is 373 g/mol. The Hall–Kier alpha value is -3.92. The number of carbonyl (C=O) groups is 1. The number of aromatic nitrogens is 2. The van der Waals surface area contributed by atoms with Crippen LogP contribution < -0.4 is 11.0 Å². The van der Waals surface area contributed by atoms with Gasteiger partial charge in [0.2, 0.25) is 11.5 Å². The minimum atomic E-state index is -0.495. The lowest BCUT2D eigenvalue weighted by atomic mass is 10.0. The Morgan fingerprint density at radius 2 is 1.71 bits per heavy atom. The fourth-order valence-corrected chi connectivity index (χ4v) is 2.89. The predicted molar refractivity (Wildman–Crippen MR) is 108 cm³/mol. The van der Waals surface area contributed by atoms with Gasteiger partial charge in [-0.05, 0) is 31.5 Å². The fourth-order valence-electron chi connectivity index (χ4n) is 2.89. The van der Waals surface area contributed by atoms with Crippen molar-refractivity contribution < 1.29 is 4.79 Å². The zero-order valence-electron chi connectivity index (χ0n) is 15.8. The summed E-state index contributed by atoms with van der Waals surface area (Å²) in [5.41, 5.74) is 4.66. The van der Waals surface area contributed by atoms with Crippen molar-refractivity contribution in [1.29, 1.82) is 5.26 Å². The first-order chi connectivity index (χ1) is 13.5. The van der Waals surface area contributed by atoms with Crippen LogP contribution >= 0.6 is 0 Å². The molecule has 0 fully saturated rings. The van der Waals surface area contributed by atoms with Gasteiger partial charge in [0.15, 0.2) is 0 Å². The summed E-state index contributed by atoms with van der Waals surface area (Å²) in [4.78, 5) is 25.4. The van der Waals surface area contributed by atoms with Crippen molar-refractivity contribution in [2.75, 3.05) is 5.43 Å². The minimum absolute atomic E-state index is 0.205. The van der Waals surface area contributed by atoms with Crippen LogP contribution in [0.2, 0.25) is 0 Å². The van der Waals surface area contributed by atoms with Crippen molar-refractivity contribution in [3.05, 3.63) is 81.8 Å². The van der Waals surface area contributed by atoms with Gasteiger partial charge in [-0.2, -0.15) is 10.4 Å². The standard InChI is InChI=1S/C21H19N5O2/c1-14-9-7-8-12-17(14)20(27)18(13-22)23-24-19-15(2)25(3)26(21(19)28)16-10-5-4-6-11-16/h4-12,24H,1-3H3/b23-18-. The third kappa shape index (κ3) is 3.35. The van der Waals surface area contributed by atoms with E-state index in [2.05, 4.69) is 10.5 Å². The molecule has 1 aromatic heterocycles. The lowest BCUT2D eigenvalue weighted by Crippen LogP contribution is -2.21. The lowest BCUT2D eigenvalue weighted by molar-refractivity contribution is 0.106. The molecule has 0 radical (unpaired) electrons.